The highest BCUT2D eigenvalue weighted by Gasteiger charge is 2.32. The Bertz CT molecular complexity index is 391. The third-order valence-electron chi connectivity index (χ3n) is 3.20. The lowest BCUT2D eigenvalue weighted by Gasteiger charge is -2.23. The first-order valence-corrected chi connectivity index (χ1v) is 5.23. The van der Waals surface area contributed by atoms with E-state index in [2.05, 4.69) is 12.2 Å². The second-order valence-corrected chi connectivity index (χ2v) is 4.53. The molecule has 1 aliphatic rings. The topological polar surface area (TPSA) is 32.3 Å². The average molecular weight is 209 g/mol. The number of hydrogen-bond acceptors (Lipinski definition) is 2. The van der Waals surface area contributed by atoms with Crippen molar-refractivity contribution in [3.63, 3.8) is 0 Å². The Hall–Kier alpha value is -1.09. The Morgan fingerprint density at radius 2 is 2.27 bits per heavy atom. The molecular weight excluding hydrogens is 193 g/mol. The largest absolute Gasteiger partial charge is 0.396 e. The van der Waals surface area contributed by atoms with E-state index >= 15 is 0 Å². The first-order chi connectivity index (χ1) is 7.06. The highest BCUT2D eigenvalue weighted by Crippen LogP contribution is 2.36. The summed E-state index contributed by atoms with van der Waals surface area (Å²) >= 11 is 0. The zero-order valence-corrected chi connectivity index (χ0v) is 9.10. The van der Waals surface area contributed by atoms with Crippen molar-refractivity contribution in [1.29, 1.82) is 0 Å². The van der Waals surface area contributed by atoms with Crippen LogP contribution in [-0.4, -0.2) is 17.3 Å². The number of benzene rings is 1. The molecule has 2 rings (SSSR count). The van der Waals surface area contributed by atoms with E-state index < -0.39 is 0 Å². The minimum Gasteiger partial charge on any atom is -0.396 e. The van der Waals surface area contributed by atoms with Crippen molar-refractivity contribution in [3.8, 4) is 0 Å². The standard InChI is InChI=1S/C12H16FNO/c1-8-9-7-12(2,5-6-15)14-11(9)4-3-10(8)13/h3-4,14-15H,5-7H2,1-2H3. The molecule has 1 heterocycles. The highest BCUT2D eigenvalue weighted by atomic mass is 19.1. The smallest absolute Gasteiger partial charge is 0.126 e. The third kappa shape index (κ3) is 1.72. The maximum atomic E-state index is 13.3. The Labute approximate surface area is 89.1 Å². The number of aliphatic hydroxyl groups excluding tert-OH is 1. The summed E-state index contributed by atoms with van der Waals surface area (Å²) in [7, 11) is 0. The lowest BCUT2D eigenvalue weighted by atomic mass is 9.92. The van der Waals surface area contributed by atoms with Gasteiger partial charge in [-0.15, -0.1) is 0 Å². The molecule has 0 spiro atoms. The zero-order valence-electron chi connectivity index (χ0n) is 9.10. The molecule has 1 aliphatic heterocycles. The van der Waals surface area contributed by atoms with Gasteiger partial charge < -0.3 is 10.4 Å². The van der Waals surface area contributed by atoms with Crippen molar-refractivity contribution in [2.45, 2.75) is 32.2 Å². The molecule has 82 valence electrons. The summed E-state index contributed by atoms with van der Waals surface area (Å²) in [4.78, 5) is 0. The van der Waals surface area contributed by atoms with Gasteiger partial charge in [-0.2, -0.15) is 0 Å². The summed E-state index contributed by atoms with van der Waals surface area (Å²) in [5, 5.41) is 12.3. The number of halogens is 1. The van der Waals surface area contributed by atoms with Crippen LogP contribution in [0.4, 0.5) is 10.1 Å². The van der Waals surface area contributed by atoms with E-state index in [0.717, 1.165) is 23.2 Å². The number of aliphatic hydroxyl groups is 1. The molecule has 0 aliphatic carbocycles. The van der Waals surface area contributed by atoms with Gasteiger partial charge in [0.15, 0.2) is 0 Å². The van der Waals surface area contributed by atoms with Crippen LogP contribution in [0.1, 0.15) is 24.5 Å². The minimum absolute atomic E-state index is 0.129. The van der Waals surface area contributed by atoms with Gasteiger partial charge in [0.1, 0.15) is 5.82 Å². The molecule has 1 atom stereocenters. The summed E-state index contributed by atoms with van der Waals surface area (Å²) in [6.07, 6.45) is 1.47. The monoisotopic (exact) mass is 209 g/mol. The van der Waals surface area contributed by atoms with Crippen LogP contribution >= 0.6 is 0 Å². The molecular formula is C12H16FNO. The molecule has 3 heteroatoms. The number of fused-ring (bicyclic) bond motifs is 1. The summed E-state index contributed by atoms with van der Waals surface area (Å²) in [5.41, 5.74) is 2.65. The molecule has 1 unspecified atom stereocenters. The van der Waals surface area contributed by atoms with E-state index in [-0.39, 0.29) is 18.0 Å². The summed E-state index contributed by atoms with van der Waals surface area (Å²) < 4.78 is 13.3. The van der Waals surface area contributed by atoms with Crippen LogP contribution < -0.4 is 5.32 Å². The predicted octanol–water partition coefficient (Wildman–Crippen LogP) is 2.24. The van der Waals surface area contributed by atoms with Crippen molar-refractivity contribution in [1.82, 2.24) is 0 Å². The van der Waals surface area contributed by atoms with Crippen LogP contribution in [0.2, 0.25) is 0 Å². The van der Waals surface area contributed by atoms with Crippen molar-refractivity contribution >= 4 is 5.69 Å². The van der Waals surface area contributed by atoms with Crippen LogP contribution in [0.15, 0.2) is 12.1 Å². The molecule has 15 heavy (non-hydrogen) atoms. The van der Waals surface area contributed by atoms with Crippen LogP contribution in [0.3, 0.4) is 0 Å². The lowest BCUT2D eigenvalue weighted by Crippen LogP contribution is -2.33. The SMILES string of the molecule is Cc1c(F)ccc2c1CC(C)(CCO)N2. The van der Waals surface area contributed by atoms with E-state index in [0.29, 0.717) is 6.42 Å². The van der Waals surface area contributed by atoms with Crippen LogP contribution in [0.25, 0.3) is 0 Å². The summed E-state index contributed by atoms with van der Waals surface area (Å²) in [6, 6.07) is 3.27. The van der Waals surface area contributed by atoms with Crippen LogP contribution in [0.5, 0.6) is 0 Å². The minimum atomic E-state index is -0.149. The fraction of sp³-hybridized carbons (Fsp3) is 0.500. The van der Waals surface area contributed by atoms with E-state index in [1.54, 1.807) is 13.0 Å². The van der Waals surface area contributed by atoms with Gasteiger partial charge in [0.25, 0.3) is 0 Å². The second kappa shape index (κ2) is 3.49. The summed E-state index contributed by atoms with van der Waals surface area (Å²) in [6.45, 7) is 4.01. The maximum Gasteiger partial charge on any atom is 0.126 e. The Morgan fingerprint density at radius 3 is 2.93 bits per heavy atom. The number of rotatable bonds is 2. The Morgan fingerprint density at radius 1 is 1.53 bits per heavy atom. The normalized spacial score (nSPS) is 23.7. The molecule has 0 amide bonds. The predicted molar refractivity (Wildman–Crippen MR) is 58.6 cm³/mol. The van der Waals surface area contributed by atoms with Gasteiger partial charge in [0.05, 0.1) is 0 Å². The molecule has 1 aromatic carbocycles. The molecule has 0 fully saturated rings. The third-order valence-corrected chi connectivity index (χ3v) is 3.20. The van der Waals surface area contributed by atoms with E-state index in [4.69, 9.17) is 5.11 Å². The Kier molecular flexibility index (Phi) is 2.43. The maximum absolute atomic E-state index is 13.3. The molecule has 2 nitrogen and oxygen atoms in total. The highest BCUT2D eigenvalue weighted by molar-refractivity contribution is 5.61. The quantitative estimate of drug-likeness (QED) is 0.783. The first-order valence-electron chi connectivity index (χ1n) is 5.23. The van der Waals surface area contributed by atoms with Crippen molar-refractivity contribution in [3.05, 3.63) is 29.1 Å². The van der Waals surface area contributed by atoms with Gasteiger partial charge in [0.2, 0.25) is 0 Å². The number of nitrogens with one attached hydrogen (secondary N) is 1. The van der Waals surface area contributed by atoms with Gasteiger partial charge >= 0.3 is 0 Å². The van der Waals surface area contributed by atoms with Crippen molar-refractivity contribution in [2.24, 2.45) is 0 Å². The molecule has 0 saturated carbocycles. The average Bonchev–Trinajstić information content (AvgIpc) is 2.50. The van der Waals surface area contributed by atoms with Crippen LogP contribution in [-0.2, 0) is 6.42 Å². The molecule has 0 saturated heterocycles. The Balaban J connectivity index is 2.35. The van der Waals surface area contributed by atoms with Crippen molar-refractivity contribution < 1.29 is 9.50 Å². The van der Waals surface area contributed by atoms with Gasteiger partial charge in [0, 0.05) is 17.8 Å². The second-order valence-electron chi connectivity index (χ2n) is 4.53. The van der Waals surface area contributed by atoms with Gasteiger partial charge in [-0.3, -0.25) is 0 Å². The molecule has 0 bridgehead atoms. The van der Waals surface area contributed by atoms with Crippen molar-refractivity contribution in [2.75, 3.05) is 11.9 Å². The van der Waals surface area contributed by atoms with E-state index in [1.165, 1.54) is 6.07 Å². The first kappa shape index (κ1) is 10.4. The van der Waals surface area contributed by atoms with Gasteiger partial charge in [-0.25, -0.2) is 4.39 Å². The van der Waals surface area contributed by atoms with Gasteiger partial charge in [-0.05, 0) is 49.9 Å². The molecule has 2 N–H and O–H groups in total. The fourth-order valence-corrected chi connectivity index (χ4v) is 2.23. The summed E-state index contributed by atoms with van der Waals surface area (Å²) in [5.74, 6) is -0.149. The van der Waals surface area contributed by atoms with E-state index in [9.17, 15) is 4.39 Å². The molecule has 1 aromatic rings. The van der Waals surface area contributed by atoms with Gasteiger partial charge in [-0.1, -0.05) is 0 Å². The zero-order chi connectivity index (χ0) is 11.1. The molecule has 0 radical (unpaired) electrons. The number of hydrogen-bond donors (Lipinski definition) is 2. The number of anilines is 1. The fourth-order valence-electron chi connectivity index (χ4n) is 2.23. The van der Waals surface area contributed by atoms with E-state index in [1.807, 2.05) is 0 Å². The van der Waals surface area contributed by atoms with Crippen LogP contribution in [0, 0.1) is 12.7 Å². The lowest BCUT2D eigenvalue weighted by molar-refractivity contribution is 0.256. The molecule has 0 aromatic heterocycles.